The Morgan fingerprint density at radius 2 is 2.46 bits per heavy atom. The van der Waals surface area contributed by atoms with E-state index in [1.807, 2.05) is 0 Å². The zero-order chi connectivity index (χ0) is 9.84. The molecule has 2 heteroatoms. The van der Waals surface area contributed by atoms with Crippen molar-refractivity contribution in [3.05, 3.63) is 24.3 Å². The third-order valence-electron chi connectivity index (χ3n) is 2.41. The van der Waals surface area contributed by atoms with Crippen LogP contribution >= 0.6 is 0 Å². The first-order valence-corrected chi connectivity index (χ1v) is 4.77. The minimum Gasteiger partial charge on any atom is -0.346 e. The molecule has 0 spiro atoms. The molecule has 13 heavy (non-hydrogen) atoms. The second kappa shape index (κ2) is 4.26. The SMILES string of the molecule is C=CC(=O)NC1C=C(C(C)C)CC1. The zero-order valence-electron chi connectivity index (χ0n) is 8.34. The summed E-state index contributed by atoms with van der Waals surface area (Å²) >= 11 is 0. The van der Waals surface area contributed by atoms with Crippen molar-refractivity contribution < 1.29 is 4.79 Å². The monoisotopic (exact) mass is 179 g/mol. The topological polar surface area (TPSA) is 29.1 Å². The molecule has 1 aliphatic rings. The van der Waals surface area contributed by atoms with Crippen molar-refractivity contribution in [3.8, 4) is 0 Å². The van der Waals surface area contributed by atoms with Crippen LogP contribution in [0.2, 0.25) is 0 Å². The molecule has 0 saturated heterocycles. The third-order valence-corrected chi connectivity index (χ3v) is 2.41. The van der Waals surface area contributed by atoms with Crippen molar-refractivity contribution in [2.75, 3.05) is 0 Å². The molecule has 0 aromatic heterocycles. The second-order valence-electron chi connectivity index (χ2n) is 3.75. The van der Waals surface area contributed by atoms with Gasteiger partial charge in [-0.3, -0.25) is 4.79 Å². The van der Waals surface area contributed by atoms with E-state index >= 15 is 0 Å². The molecule has 2 nitrogen and oxygen atoms in total. The van der Waals surface area contributed by atoms with Gasteiger partial charge in [-0.1, -0.05) is 32.1 Å². The lowest BCUT2D eigenvalue weighted by atomic mass is 10.0. The summed E-state index contributed by atoms with van der Waals surface area (Å²) in [7, 11) is 0. The van der Waals surface area contributed by atoms with Crippen molar-refractivity contribution in [2.24, 2.45) is 5.92 Å². The van der Waals surface area contributed by atoms with Crippen LogP contribution in [0.25, 0.3) is 0 Å². The van der Waals surface area contributed by atoms with E-state index in [9.17, 15) is 4.79 Å². The van der Waals surface area contributed by atoms with Gasteiger partial charge in [-0.05, 0) is 24.8 Å². The number of hydrogen-bond donors (Lipinski definition) is 1. The quantitative estimate of drug-likeness (QED) is 0.521. The van der Waals surface area contributed by atoms with E-state index in [-0.39, 0.29) is 11.9 Å². The minimum atomic E-state index is -0.0775. The number of carbonyl (C=O) groups is 1. The van der Waals surface area contributed by atoms with E-state index in [4.69, 9.17) is 0 Å². The highest BCUT2D eigenvalue weighted by atomic mass is 16.1. The predicted octanol–water partition coefficient (Wildman–Crippen LogP) is 2.03. The molecule has 1 atom stereocenters. The maximum Gasteiger partial charge on any atom is 0.243 e. The molecule has 1 aliphatic carbocycles. The van der Waals surface area contributed by atoms with E-state index in [1.165, 1.54) is 11.6 Å². The van der Waals surface area contributed by atoms with Gasteiger partial charge in [-0.15, -0.1) is 0 Å². The van der Waals surface area contributed by atoms with Crippen molar-refractivity contribution in [3.63, 3.8) is 0 Å². The summed E-state index contributed by atoms with van der Waals surface area (Å²) in [6, 6.07) is 0.225. The maximum atomic E-state index is 11.0. The molecule has 1 rings (SSSR count). The first-order valence-electron chi connectivity index (χ1n) is 4.77. The predicted molar refractivity (Wildman–Crippen MR) is 54.3 cm³/mol. The number of carbonyl (C=O) groups excluding carboxylic acids is 1. The Hall–Kier alpha value is -1.05. The average Bonchev–Trinajstić information content (AvgIpc) is 2.52. The van der Waals surface area contributed by atoms with Crippen LogP contribution in [-0.4, -0.2) is 11.9 Å². The Labute approximate surface area is 79.7 Å². The largest absolute Gasteiger partial charge is 0.346 e. The van der Waals surface area contributed by atoms with Gasteiger partial charge in [-0.2, -0.15) is 0 Å². The summed E-state index contributed by atoms with van der Waals surface area (Å²) in [5, 5.41) is 2.88. The smallest absolute Gasteiger partial charge is 0.243 e. The highest BCUT2D eigenvalue weighted by Crippen LogP contribution is 2.24. The van der Waals surface area contributed by atoms with Crippen LogP contribution in [0.3, 0.4) is 0 Å². The maximum absolute atomic E-state index is 11.0. The molecular formula is C11H17NO. The molecule has 0 aromatic rings. The fourth-order valence-electron chi connectivity index (χ4n) is 1.58. The lowest BCUT2D eigenvalue weighted by Gasteiger charge is -2.06. The molecule has 0 aromatic carbocycles. The summed E-state index contributed by atoms with van der Waals surface area (Å²) in [4.78, 5) is 11.0. The molecule has 0 radical (unpaired) electrons. The van der Waals surface area contributed by atoms with Crippen molar-refractivity contribution in [1.82, 2.24) is 5.32 Å². The van der Waals surface area contributed by atoms with Gasteiger partial charge >= 0.3 is 0 Å². The number of rotatable bonds is 3. The molecule has 0 saturated carbocycles. The molecule has 1 unspecified atom stereocenters. The summed E-state index contributed by atoms with van der Waals surface area (Å²) < 4.78 is 0. The van der Waals surface area contributed by atoms with Gasteiger partial charge in [0.1, 0.15) is 0 Å². The normalized spacial score (nSPS) is 21.5. The number of amides is 1. The molecule has 72 valence electrons. The van der Waals surface area contributed by atoms with Crippen LogP contribution in [0.1, 0.15) is 26.7 Å². The molecule has 0 aliphatic heterocycles. The number of allylic oxidation sites excluding steroid dienone is 1. The van der Waals surface area contributed by atoms with E-state index in [0.29, 0.717) is 5.92 Å². The highest BCUT2D eigenvalue weighted by molar-refractivity contribution is 5.87. The summed E-state index contributed by atoms with van der Waals surface area (Å²) in [5.41, 5.74) is 1.45. The van der Waals surface area contributed by atoms with E-state index in [0.717, 1.165) is 12.8 Å². The molecular weight excluding hydrogens is 162 g/mol. The van der Waals surface area contributed by atoms with E-state index in [2.05, 4.69) is 31.8 Å². The Kier molecular flexibility index (Phi) is 3.29. The van der Waals surface area contributed by atoms with Gasteiger partial charge in [0.05, 0.1) is 0 Å². The van der Waals surface area contributed by atoms with Crippen molar-refractivity contribution in [1.29, 1.82) is 0 Å². The molecule has 1 amide bonds. The molecule has 0 bridgehead atoms. The van der Waals surface area contributed by atoms with Crippen LogP contribution < -0.4 is 5.32 Å². The molecule has 0 heterocycles. The van der Waals surface area contributed by atoms with Crippen molar-refractivity contribution in [2.45, 2.75) is 32.7 Å². The average molecular weight is 179 g/mol. The van der Waals surface area contributed by atoms with Gasteiger partial charge < -0.3 is 5.32 Å². The second-order valence-corrected chi connectivity index (χ2v) is 3.75. The van der Waals surface area contributed by atoms with Crippen LogP contribution in [0.4, 0.5) is 0 Å². The van der Waals surface area contributed by atoms with E-state index in [1.54, 1.807) is 0 Å². The lowest BCUT2D eigenvalue weighted by molar-refractivity contribution is -0.116. The Bertz CT molecular complexity index is 240. The number of hydrogen-bond acceptors (Lipinski definition) is 1. The Morgan fingerprint density at radius 3 is 2.92 bits per heavy atom. The first-order chi connectivity index (χ1) is 6.13. The molecule has 0 fully saturated rings. The Morgan fingerprint density at radius 1 is 1.77 bits per heavy atom. The summed E-state index contributed by atoms with van der Waals surface area (Å²) in [5.74, 6) is 0.525. The highest BCUT2D eigenvalue weighted by Gasteiger charge is 2.17. The van der Waals surface area contributed by atoms with Gasteiger partial charge in [0.25, 0.3) is 0 Å². The first kappa shape index (κ1) is 10.0. The van der Waals surface area contributed by atoms with Gasteiger partial charge in [0.15, 0.2) is 0 Å². The van der Waals surface area contributed by atoms with Crippen molar-refractivity contribution >= 4 is 5.91 Å². The fraction of sp³-hybridized carbons (Fsp3) is 0.545. The standard InChI is InChI=1S/C11H17NO/c1-4-11(13)12-10-6-5-9(7-10)8(2)3/h4,7-8,10H,1,5-6H2,2-3H3,(H,12,13). The van der Waals surface area contributed by atoms with Gasteiger partial charge in [-0.25, -0.2) is 0 Å². The van der Waals surface area contributed by atoms with Crippen LogP contribution in [-0.2, 0) is 4.79 Å². The minimum absolute atomic E-state index is 0.0775. The summed E-state index contributed by atoms with van der Waals surface area (Å²) in [6.07, 6.45) is 5.64. The van der Waals surface area contributed by atoms with E-state index < -0.39 is 0 Å². The van der Waals surface area contributed by atoms with Crippen LogP contribution in [0.15, 0.2) is 24.3 Å². The number of nitrogens with one attached hydrogen (secondary N) is 1. The van der Waals surface area contributed by atoms with Crippen LogP contribution in [0, 0.1) is 5.92 Å². The lowest BCUT2D eigenvalue weighted by Crippen LogP contribution is -2.30. The van der Waals surface area contributed by atoms with Crippen LogP contribution in [0.5, 0.6) is 0 Å². The van der Waals surface area contributed by atoms with Gasteiger partial charge in [0.2, 0.25) is 5.91 Å². The summed E-state index contributed by atoms with van der Waals surface area (Å²) in [6.45, 7) is 7.79. The molecule has 1 N–H and O–H groups in total. The zero-order valence-corrected chi connectivity index (χ0v) is 8.34. The fourth-order valence-corrected chi connectivity index (χ4v) is 1.58. The Balaban J connectivity index is 2.48. The van der Waals surface area contributed by atoms with Gasteiger partial charge in [0, 0.05) is 6.04 Å². The third kappa shape index (κ3) is 2.72.